The minimum atomic E-state index is 0.00649. The van der Waals surface area contributed by atoms with Gasteiger partial charge in [-0.1, -0.05) is 40.2 Å². The minimum Gasteiger partial charge on any atom is -0.492 e. The zero-order valence-electron chi connectivity index (χ0n) is 15.0. The van der Waals surface area contributed by atoms with Gasteiger partial charge in [-0.2, -0.15) is 0 Å². The van der Waals surface area contributed by atoms with Crippen molar-refractivity contribution in [1.82, 2.24) is 0 Å². The summed E-state index contributed by atoms with van der Waals surface area (Å²) in [4.78, 5) is 1.20. The fourth-order valence-electron chi connectivity index (χ4n) is 1.82. The van der Waals surface area contributed by atoms with Crippen LogP contribution in [0.5, 0.6) is 5.75 Å². The van der Waals surface area contributed by atoms with Crippen LogP contribution in [0.2, 0.25) is 0 Å². The lowest BCUT2D eigenvalue weighted by Gasteiger charge is -2.13. The first-order valence-electron chi connectivity index (χ1n) is 8.05. The van der Waals surface area contributed by atoms with Crippen LogP contribution in [-0.2, 0) is 0 Å². The van der Waals surface area contributed by atoms with E-state index in [0.29, 0.717) is 6.61 Å². The molecule has 1 aromatic rings. The zero-order valence-corrected chi connectivity index (χ0v) is 15.8. The minimum absolute atomic E-state index is 0.00649. The number of ether oxygens (including phenoxy) is 1. The van der Waals surface area contributed by atoms with Crippen LogP contribution in [0.3, 0.4) is 0 Å². The van der Waals surface area contributed by atoms with Crippen LogP contribution in [0.4, 0.5) is 0 Å². The first-order valence-corrected chi connectivity index (χ1v) is 9.27. The number of thioether (sulfide) groups is 1. The van der Waals surface area contributed by atoms with E-state index >= 15 is 0 Å². The van der Waals surface area contributed by atoms with Crippen LogP contribution in [0.25, 0.3) is 5.57 Å². The smallest absolute Gasteiger partial charge is 0.120 e. The summed E-state index contributed by atoms with van der Waals surface area (Å²) in [6, 6.07) is 6.14. The molecule has 22 heavy (non-hydrogen) atoms. The monoisotopic (exact) mass is 318 g/mol. The predicted octanol–water partition coefficient (Wildman–Crippen LogP) is 6.29. The number of rotatable bonds is 5. The molecule has 1 fully saturated rings. The summed E-state index contributed by atoms with van der Waals surface area (Å²) >= 11 is 1.71. The zero-order chi connectivity index (χ0) is 17.2. The third kappa shape index (κ3) is 5.81. The van der Waals surface area contributed by atoms with Gasteiger partial charge < -0.3 is 4.74 Å². The second-order valence-corrected chi connectivity index (χ2v) is 5.70. The molecular formula is C20H30OS. The maximum Gasteiger partial charge on any atom is 0.120 e. The van der Waals surface area contributed by atoms with Crippen LogP contribution in [0.15, 0.2) is 29.7 Å². The molecule has 1 aromatic carbocycles. The van der Waals surface area contributed by atoms with Crippen molar-refractivity contribution < 1.29 is 4.74 Å². The highest BCUT2D eigenvalue weighted by molar-refractivity contribution is 7.98. The van der Waals surface area contributed by atoms with Gasteiger partial charge >= 0.3 is 0 Å². The molecule has 0 heterocycles. The van der Waals surface area contributed by atoms with E-state index in [-0.39, 0.29) is 5.41 Å². The number of allylic oxidation sites excluding steroid dienone is 1. The van der Waals surface area contributed by atoms with E-state index < -0.39 is 0 Å². The summed E-state index contributed by atoms with van der Waals surface area (Å²) in [5.41, 5.74) is 2.27. The molecule has 0 bridgehead atoms. The molecule has 0 aliphatic heterocycles. The first-order chi connectivity index (χ1) is 10.6. The van der Waals surface area contributed by atoms with Crippen LogP contribution in [0, 0.1) is 17.8 Å². The Labute approximate surface area is 141 Å². The summed E-state index contributed by atoms with van der Waals surface area (Å²) < 4.78 is 5.82. The Morgan fingerprint density at radius 1 is 1.32 bits per heavy atom. The van der Waals surface area contributed by atoms with E-state index in [1.165, 1.54) is 10.5 Å². The highest BCUT2D eigenvalue weighted by atomic mass is 32.2. The fraction of sp³-hybridized carbons (Fsp3) is 0.500. The van der Waals surface area contributed by atoms with Gasteiger partial charge in [0.15, 0.2) is 0 Å². The summed E-state index contributed by atoms with van der Waals surface area (Å²) in [6.45, 7) is 14.6. The number of hydrogen-bond acceptors (Lipinski definition) is 2. The van der Waals surface area contributed by atoms with Crippen LogP contribution in [-0.4, -0.2) is 12.9 Å². The Bertz CT molecular complexity index is 507. The number of terminal acetylenes is 1. The van der Waals surface area contributed by atoms with Crippen molar-refractivity contribution in [2.75, 3.05) is 12.9 Å². The molecule has 0 spiro atoms. The molecule has 1 aliphatic rings. The predicted molar refractivity (Wildman–Crippen MR) is 102 cm³/mol. The second-order valence-electron chi connectivity index (χ2n) is 4.86. The molecule has 0 radical (unpaired) electrons. The Balaban J connectivity index is 0.00000102. The van der Waals surface area contributed by atoms with Crippen molar-refractivity contribution in [3.05, 3.63) is 30.3 Å². The largest absolute Gasteiger partial charge is 0.492 e. The third-order valence-electron chi connectivity index (χ3n) is 3.31. The highest BCUT2D eigenvalue weighted by Crippen LogP contribution is 2.45. The molecule has 0 aromatic heterocycles. The Morgan fingerprint density at radius 2 is 1.91 bits per heavy atom. The van der Waals surface area contributed by atoms with Crippen LogP contribution in [0.1, 0.15) is 53.0 Å². The average Bonchev–Trinajstić information content (AvgIpc) is 3.37. The second kappa shape index (κ2) is 10.4. The van der Waals surface area contributed by atoms with Gasteiger partial charge in [-0.3, -0.25) is 0 Å². The Morgan fingerprint density at radius 3 is 2.32 bits per heavy atom. The van der Waals surface area contributed by atoms with Crippen molar-refractivity contribution in [1.29, 1.82) is 0 Å². The SMILES string of the molecule is C#CC1(COc2ccc(C(=C)C)c(SC)c2)CC1.CC.CC. The molecule has 2 heteroatoms. The van der Waals surface area contributed by atoms with Gasteiger partial charge in [0.1, 0.15) is 12.4 Å². The van der Waals surface area contributed by atoms with Crippen molar-refractivity contribution in [2.45, 2.75) is 52.4 Å². The van der Waals surface area contributed by atoms with E-state index in [9.17, 15) is 0 Å². The fourth-order valence-corrected chi connectivity index (χ4v) is 2.51. The first kappa shape index (κ1) is 20.7. The topological polar surface area (TPSA) is 9.23 Å². The lowest BCUT2D eigenvalue weighted by molar-refractivity contribution is 0.269. The third-order valence-corrected chi connectivity index (χ3v) is 4.09. The Kier molecular flexibility index (Phi) is 9.78. The molecule has 0 N–H and O–H groups in total. The standard InChI is InChI=1S/C16H18OS.2C2H6/c1-5-16(8-9-16)11-17-13-6-7-14(12(2)3)15(10-13)18-4;2*1-2/h1,6-7,10H,2,8-9,11H2,3-4H3;2*1-2H3. The molecule has 0 amide bonds. The van der Waals surface area contributed by atoms with E-state index in [4.69, 9.17) is 11.2 Å². The molecule has 1 nitrogen and oxygen atoms in total. The van der Waals surface area contributed by atoms with Gasteiger partial charge in [0, 0.05) is 4.90 Å². The molecular weight excluding hydrogens is 288 g/mol. The van der Waals surface area contributed by atoms with E-state index in [1.54, 1.807) is 11.8 Å². The molecule has 0 atom stereocenters. The molecule has 122 valence electrons. The van der Waals surface area contributed by atoms with Crippen molar-refractivity contribution in [2.24, 2.45) is 5.41 Å². The van der Waals surface area contributed by atoms with Gasteiger partial charge in [-0.05, 0) is 55.4 Å². The lowest BCUT2D eigenvalue weighted by atomic mass is 10.1. The molecule has 0 saturated heterocycles. The van der Waals surface area contributed by atoms with E-state index in [1.807, 2.05) is 40.7 Å². The summed E-state index contributed by atoms with van der Waals surface area (Å²) in [7, 11) is 0. The van der Waals surface area contributed by atoms with Gasteiger partial charge in [-0.25, -0.2) is 0 Å². The van der Waals surface area contributed by atoms with Crippen LogP contribution < -0.4 is 4.74 Å². The van der Waals surface area contributed by atoms with Gasteiger partial charge in [0.05, 0.1) is 5.41 Å². The molecule has 0 unspecified atom stereocenters. The normalized spacial score (nSPS) is 13.5. The number of benzene rings is 1. The maximum atomic E-state index is 5.82. The molecule has 2 rings (SSSR count). The molecule has 1 aliphatic carbocycles. The van der Waals surface area contributed by atoms with Gasteiger partial charge in [0.2, 0.25) is 0 Å². The van der Waals surface area contributed by atoms with Crippen molar-refractivity contribution in [3.8, 4) is 18.1 Å². The van der Waals surface area contributed by atoms with Gasteiger partial charge in [0.25, 0.3) is 0 Å². The quantitative estimate of drug-likeness (QED) is 0.466. The van der Waals surface area contributed by atoms with Crippen LogP contribution >= 0.6 is 11.8 Å². The summed E-state index contributed by atoms with van der Waals surface area (Å²) in [6.07, 6.45) is 9.74. The highest BCUT2D eigenvalue weighted by Gasteiger charge is 2.41. The Hall–Kier alpha value is -1.33. The maximum absolute atomic E-state index is 5.82. The van der Waals surface area contributed by atoms with Gasteiger partial charge in [-0.15, -0.1) is 18.2 Å². The number of hydrogen-bond donors (Lipinski definition) is 0. The van der Waals surface area contributed by atoms with E-state index in [2.05, 4.69) is 30.9 Å². The molecule has 1 saturated carbocycles. The van der Waals surface area contributed by atoms with Crippen molar-refractivity contribution >= 4 is 17.3 Å². The summed E-state index contributed by atoms with van der Waals surface area (Å²) in [5, 5.41) is 0. The average molecular weight is 319 g/mol. The van der Waals surface area contributed by atoms with E-state index in [0.717, 1.165) is 24.2 Å². The van der Waals surface area contributed by atoms with Crippen molar-refractivity contribution in [3.63, 3.8) is 0 Å². The summed E-state index contributed by atoms with van der Waals surface area (Å²) in [5.74, 6) is 3.73. The lowest BCUT2D eigenvalue weighted by Crippen LogP contribution is -2.10.